The number of H-pyrrole nitrogens is 1. The van der Waals surface area contributed by atoms with Crippen molar-refractivity contribution < 1.29 is 0 Å². The van der Waals surface area contributed by atoms with E-state index in [-0.39, 0.29) is 0 Å². The molecule has 1 aliphatic heterocycles. The molecular weight excluding hydrogens is 234 g/mol. The Morgan fingerprint density at radius 2 is 2.05 bits per heavy atom. The van der Waals surface area contributed by atoms with Gasteiger partial charge in [0.25, 0.3) is 0 Å². The van der Waals surface area contributed by atoms with Gasteiger partial charge in [0.05, 0.1) is 12.0 Å². The quantitative estimate of drug-likeness (QED) is 0.881. The van der Waals surface area contributed by atoms with E-state index < -0.39 is 0 Å². The molecule has 0 aliphatic carbocycles. The Bertz CT molecular complexity index is 373. The number of aryl methyl sites for hydroxylation is 1. The van der Waals surface area contributed by atoms with Gasteiger partial charge in [-0.15, -0.1) is 0 Å². The number of nitrogens with zero attached hydrogens (tertiary/aromatic N) is 2. The number of piperidine rings is 1. The largest absolute Gasteiger partial charge is 0.375 e. The number of imidazole rings is 1. The van der Waals surface area contributed by atoms with Crippen molar-refractivity contribution in [2.75, 3.05) is 13.1 Å². The van der Waals surface area contributed by atoms with Crippen LogP contribution in [0, 0.1) is 6.92 Å². The van der Waals surface area contributed by atoms with Crippen molar-refractivity contribution in [2.45, 2.75) is 59.3 Å². The molecule has 108 valence electrons. The third kappa shape index (κ3) is 4.12. The summed E-state index contributed by atoms with van der Waals surface area (Å²) in [6.07, 6.45) is 6.54. The van der Waals surface area contributed by atoms with Crippen molar-refractivity contribution in [1.82, 2.24) is 14.9 Å². The minimum Gasteiger partial charge on any atom is -0.375 e. The van der Waals surface area contributed by atoms with Gasteiger partial charge in [-0.2, -0.15) is 0 Å². The van der Waals surface area contributed by atoms with Gasteiger partial charge in [-0.3, -0.25) is 0 Å². The van der Waals surface area contributed by atoms with E-state index in [2.05, 4.69) is 35.3 Å². The van der Waals surface area contributed by atoms with Crippen molar-refractivity contribution in [2.24, 2.45) is 0 Å². The van der Waals surface area contributed by atoms with Crippen molar-refractivity contribution in [3.05, 3.63) is 30.0 Å². The van der Waals surface area contributed by atoms with Crippen LogP contribution in [-0.2, 0) is 0 Å². The Morgan fingerprint density at radius 3 is 2.53 bits per heavy atom. The minimum absolute atomic E-state index is 0.631. The highest BCUT2D eigenvalue weighted by molar-refractivity contribution is 5.16. The van der Waals surface area contributed by atoms with Gasteiger partial charge in [0, 0.05) is 30.4 Å². The smallest absolute Gasteiger partial charge is 0.0925 e. The van der Waals surface area contributed by atoms with Crippen LogP contribution in [-0.4, -0.2) is 28.0 Å². The van der Waals surface area contributed by atoms with Crippen LogP contribution in [0.2, 0.25) is 0 Å². The van der Waals surface area contributed by atoms with Crippen LogP contribution in [0.15, 0.2) is 18.6 Å². The van der Waals surface area contributed by atoms with Gasteiger partial charge < -0.3 is 9.88 Å². The second kappa shape index (κ2) is 8.03. The lowest BCUT2D eigenvalue weighted by Crippen LogP contribution is -2.32. The number of likely N-dealkylation sites (tertiary alicyclic amines) is 1. The first-order chi connectivity index (χ1) is 9.22. The molecule has 0 spiro atoms. The Labute approximate surface area is 118 Å². The molecule has 1 saturated heterocycles. The SMILES string of the molecule is C=C(CCC)N1CCC(c2nc[nH]c2C)CC1.CC. The summed E-state index contributed by atoms with van der Waals surface area (Å²) in [5.74, 6) is 0.631. The normalized spacial score (nSPS) is 15.9. The molecule has 0 amide bonds. The maximum Gasteiger partial charge on any atom is 0.0925 e. The van der Waals surface area contributed by atoms with Gasteiger partial charge in [-0.1, -0.05) is 33.8 Å². The lowest BCUT2D eigenvalue weighted by molar-refractivity contribution is 0.254. The highest BCUT2D eigenvalue weighted by Gasteiger charge is 2.23. The van der Waals surface area contributed by atoms with Crippen LogP contribution in [0.4, 0.5) is 0 Å². The topological polar surface area (TPSA) is 31.9 Å². The van der Waals surface area contributed by atoms with Crippen molar-refractivity contribution in [3.8, 4) is 0 Å². The standard InChI is InChI=1S/C14H23N3.C2H6/c1-4-5-11(2)17-8-6-13(7-9-17)14-12(3)15-10-16-14;1-2/h10,13H,2,4-9H2,1,3H3,(H,15,16);1-2H3. The number of rotatable bonds is 4. The fourth-order valence-electron chi connectivity index (χ4n) is 2.70. The molecule has 1 N–H and O–H groups in total. The van der Waals surface area contributed by atoms with E-state index in [9.17, 15) is 0 Å². The average molecular weight is 263 g/mol. The van der Waals surface area contributed by atoms with E-state index in [1.807, 2.05) is 20.2 Å². The van der Waals surface area contributed by atoms with Gasteiger partial charge >= 0.3 is 0 Å². The zero-order chi connectivity index (χ0) is 14.3. The summed E-state index contributed by atoms with van der Waals surface area (Å²) in [6, 6.07) is 0. The summed E-state index contributed by atoms with van der Waals surface area (Å²) >= 11 is 0. The number of hydrogen-bond acceptors (Lipinski definition) is 2. The summed E-state index contributed by atoms with van der Waals surface area (Å²) in [5, 5.41) is 0. The van der Waals surface area contributed by atoms with Crippen molar-refractivity contribution in [3.63, 3.8) is 0 Å². The summed E-state index contributed by atoms with van der Waals surface area (Å²) in [7, 11) is 0. The van der Waals surface area contributed by atoms with Gasteiger partial charge in [-0.25, -0.2) is 4.98 Å². The number of aromatic amines is 1. The maximum atomic E-state index is 4.45. The number of nitrogens with one attached hydrogen (secondary N) is 1. The predicted molar refractivity (Wildman–Crippen MR) is 82.3 cm³/mol. The Kier molecular flexibility index (Phi) is 6.68. The first-order valence-electron chi connectivity index (χ1n) is 7.65. The van der Waals surface area contributed by atoms with E-state index in [4.69, 9.17) is 0 Å². The van der Waals surface area contributed by atoms with E-state index in [0.717, 1.165) is 19.5 Å². The minimum atomic E-state index is 0.631. The second-order valence-electron chi connectivity index (χ2n) is 4.99. The van der Waals surface area contributed by atoms with E-state index >= 15 is 0 Å². The van der Waals surface area contributed by atoms with Crippen LogP contribution >= 0.6 is 0 Å². The van der Waals surface area contributed by atoms with Crippen molar-refractivity contribution >= 4 is 0 Å². The molecule has 0 saturated carbocycles. The lowest BCUT2D eigenvalue weighted by Gasteiger charge is -2.34. The molecule has 0 bridgehead atoms. The van der Waals surface area contributed by atoms with E-state index in [1.165, 1.54) is 36.3 Å². The lowest BCUT2D eigenvalue weighted by atomic mass is 9.92. The first-order valence-corrected chi connectivity index (χ1v) is 7.65. The highest BCUT2D eigenvalue weighted by Crippen LogP contribution is 2.29. The molecule has 2 heterocycles. The molecule has 0 atom stereocenters. The van der Waals surface area contributed by atoms with Crippen LogP contribution in [0.5, 0.6) is 0 Å². The molecule has 0 unspecified atom stereocenters. The van der Waals surface area contributed by atoms with Crippen molar-refractivity contribution in [1.29, 1.82) is 0 Å². The number of allylic oxidation sites excluding steroid dienone is 1. The summed E-state index contributed by atoms with van der Waals surface area (Å²) < 4.78 is 0. The Morgan fingerprint density at radius 1 is 1.42 bits per heavy atom. The van der Waals surface area contributed by atoms with Gasteiger partial charge in [0.2, 0.25) is 0 Å². The number of aromatic nitrogens is 2. The molecule has 3 nitrogen and oxygen atoms in total. The summed E-state index contributed by atoms with van der Waals surface area (Å²) in [4.78, 5) is 10.1. The van der Waals surface area contributed by atoms with Crippen LogP contribution in [0.25, 0.3) is 0 Å². The average Bonchev–Trinajstić information content (AvgIpc) is 2.88. The van der Waals surface area contributed by atoms with Crippen LogP contribution < -0.4 is 0 Å². The monoisotopic (exact) mass is 263 g/mol. The Hall–Kier alpha value is -1.25. The molecule has 2 rings (SSSR count). The van der Waals surface area contributed by atoms with E-state index in [0.29, 0.717) is 5.92 Å². The summed E-state index contributed by atoms with van der Waals surface area (Å²) in [5.41, 5.74) is 3.81. The molecular formula is C16H29N3. The van der Waals surface area contributed by atoms with Crippen LogP contribution in [0.1, 0.15) is 63.8 Å². The second-order valence-corrected chi connectivity index (χ2v) is 4.99. The molecule has 1 aromatic heterocycles. The molecule has 3 heteroatoms. The maximum absolute atomic E-state index is 4.45. The molecule has 1 aromatic rings. The zero-order valence-corrected chi connectivity index (χ0v) is 13.0. The fraction of sp³-hybridized carbons (Fsp3) is 0.688. The van der Waals surface area contributed by atoms with Crippen LogP contribution in [0.3, 0.4) is 0 Å². The molecule has 0 aromatic carbocycles. The molecule has 0 radical (unpaired) electrons. The third-order valence-corrected chi connectivity index (χ3v) is 3.74. The zero-order valence-electron chi connectivity index (χ0n) is 13.0. The third-order valence-electron chi connectivity index (χ3n) is 3.74. The van der Waals surface area contributed by atoms with Gasteiger partial charge in [0.15, 0.2) is 0 Å². The van der Waals surface area contributed by atoms with Gasteiger partial charge in [0.1, 0.15) is 0 Å². The highest BCUT2D eigenvalue weighted by atomic mass is 15.1. The number of hydrogen-bond donors (Lipinski definition) is 1. The molecule has 19 heavy (non-hydrogen) atoms. The predicted octanol–water partition coefficient (Wildman–Crippen LogP) is 4.24. The van der Waals surface area contributed by atoms with Gasteiger partial charge in [-0.05, 0) is 26.2 Å². The fourth-order valence-corrected chi connectivity index (χ4v) is 2.70. The molecule has 1 aliphatic rings. The van der Waals surface area contributed by atoms with E-state index in [1.54, 1.807) is 0 Å². The summed E-state index contributed by atoms with van der Waals surface area (Å²) in [6.45, 7) is 14.8. The Balaban J connectivity index is 0.000000861. The first kappa shape index (κ1) is 15.8. The molecule has 1 fully saturated rings.